The molecule has 0 spiro atoms. The normalized spacial score (nSPS) is 16.7. The summed E-state index contributed by atoms with van der Waals surface area (Å²) in [5, 5.41) is 5.99. The van der Waals surface area contributed by atoms with E-state index in [1.165, 1.54) is 6.07 Å². The Bertz CT molecular complexity index is 460. The fourth-order valence-electron chi connectivity index (χ4n) is 2.17. The molecule has 6 heteroatoms. The molecular weight excluding hydrogens is 264 g/mol. The monoisotopic (exact) mass is 283 g/mol. The minimum absolute atomic E-state index is 0.100. The van der Waals surface area contributed by atoms with Gasteiger partial charge in [0.2, 0.25) is 5.91 Å². The van der Waals surface area contributed by atoms with Crippen LogP contribution < -0.4 is 10.6 Å². The van der Waals surface area contributed by atoms with E-state index in [4.69, 9.17) is 0 Å². The van der Waals surface area contributed by atoms with Crippen LogP contribution in [-0.4, -0.2) is 43.5 Å². The number of nitrogens with one attached hydrogen (secondary N) is 2. The quantitative estimate of drug-likeness (QED) is 0.862. The van der Waals surface area contributed by atoms with Crippen molar-refractivity contribution >= 4 is 5.91 Å². The number of rotatable bonds is 4. The van der Waals surface area contributed by atoms with Gasteiger partial charge in [-0.25, -0.2) is 8.78 Å². The van der Waals surface area contributed by atoms with Crippen molar-refractivity contribution < 1.29 is 13.6 Å². The first kappa shape index (κ1) is 14.9. The first-order valence-corrected chi connectivity index (χ1v) is 6.79. The van der Waals surface area contributed by atoms with Gasteiger partial charge >= 0.3 is 0 Å². The number of nitrogens with zero attached hydrogens (tertiary/aromatic N) is 1. The number of hydrogen-bond donors (Lipinski definition) is 2. The smallest absolute Gasteiger partial charge is 0.234 e. The molecule has 1 aliphatic rings. The Morgan fingerprint density at radius 3 is 2.90 bits per heavy atom. The lowest BCUT2D eigenvalue weighted by Gasteiger charge is -2.18. The number of hydrogen-bond acceptors (Lipinski definition) is 3. The maximum absolute atomic E-state index is 13.0. The van der Waals surface area contributed by atoms with E-state index in [2.05, 4.69) is 15.5 Å². The van der Waals surface area contributed by atoms with E-state index in [1.807, 2.05) is 0 Å². The third-order valence-corrected chi connectivity index (χ3v) is 3.27. The maximum atomic E-state index is 13.0. The van der Waals surface area contributed by atoms with Gasteiger partial charge in [-0.2, -0.15) is 0 Å². The molecule has 1 fully saturated rings. The van der Waals surface area contributed by atoms with Gasteiger partial charge in [0.15, 0.2) is 11.6 Å². The number of halogens is 2. The third kappa shape index (κ3) is 4.54. The zero-order valence-corrected chi connectivity index (χ0v) is 11.3. The van der Waals surface area contributed by atoms with Crippen LogP contribution >= 0.6 is 0 Å². The lowest BCUT2D eigenvalue weighted by molar-refractivity contribution is -0.122. The summed E-state index contributed by atoms with van der Waals surface area (Å²) in [5.41, 5.74) is 0.551. The maximum Gasteiger partial charge on any atom is 0.234 e. The zero-order valence-electron chi connectivity index (χ0n) is 11.3. The van der Waals surface area contributed by atoms with E-state index in [0.717, 1.165) is 44.7 Å². The fraction of sp³-hybridized carbons (Fsp3) is 0.500. The summed E-state index contributed by atoms with van der Waals surface area (Å²) in [6.07, 6.45) is 1.02. The first-order chi connectivity index (χ1) is 9.65. The molecule has 0 saturated carbocycles. The summed E-state index contributed by atoms with van der Waals surface area (Å²) < 4.78 is 25.8. The molecule has 2 rings (SSSR count). The molecule has 4 nitrogen and oxygen atoms in total. The minimum Gasteiger partial charge on any atom is -0.351 e. The molecular formula is C14H19F2N3O. The van der Waals surface area contributed by atoms with E-state index in [0.29, 0.717) is 12.1 Å². The summed E-state index contributed by atoms with van der Waals surface area (Å²) in [5.74, 6) is -1.87. The zero-order chi connectivity index (χ0) is 14.4. The van der Waals surface area contributed by atoms with Crippen LogP contribution in [0.25, 0.3) is 0 Å². The predicted octanol–water partition coefficient (Wildman–Crippen LogP) is 0.876. The number of benzene rings is 1. The lowest BCUT2D eigenvalue weighted by Crippen LogP contribution is -2.38. The Labute approximate surface area is 117 Å². The largest absolute Gasteiger partial charge is 0.351 e. The summed E-state index contributed by atoms with van der Waals surface area (Å²) in [6.45, 7) is 4.15. The van der Waals surface area contributed by atoms with Crippen LogP contribution in [0.15, 0.2) is 18.2 Å². The molecule has 1 aliphatic heterocycles. The first-order valence-electron chi connectivity index (χ1n) is 6.79. The molecule has 0 aromatic heterocycles. The lowest BCUT2D eigenvalue weighted by atomic mass is 10.2. The second-order valence-corrected chi connectivity index (χ2v) is 4.90. The van der Waals surface area contributed by atoms with Crippen LogP contribution in [0.3, 0.4) is 0 Å². The van der Waals surface area contributed by atoms with Crippen molar-refractivity contribution in [2.45, 2.75) is 13.0 Å². The van der Waals surface area contributed by atoms with E-state index in [1.54, 1.807) is 0 Å². The molecule has 20 heavy (non-hydrogen) atoms. The molecule has 0 aliphatic carbocycles. The molecule has 110 valence electrons. The van der Waals surface area contributed by atoms with Crippen LogP contribution in [0.1, 0.15) is 12.0 Å². The van der Waals surface area contributed by atoms with E-state index < -0.39 is 11.6 Å². The molecule has 0 unspecified atom stereocenters. The van der Waals surface area contributed by atoms with Crippen molar-refractivity contribution in [3.8, 4) is 0 Å². The predicted molar refractivity (Wildman–Crippen MR) is 72.1 cm³/mol. The van der Waals surface area contributed by atoms with Crippen molar-refractivity contribution in [2.24, 2.45) is 0 Å². The van der Waals surface area contributed by atoms with Gasteiger partial charge in [-0.15, -0.1) is 0 Å². The second-order valence-electron chi connectivity index (χ2n) is 4.90. The molecule has 0 bridgehead atoms. The van der Waals surface area contributed by atoms with E-state index in [-0.39, 0.29) is 12.5 Å². The molecule has 1 aromatic carbocycles. The Hall–Kier alpha value is -1.53. The molecule has 1 aromatic rings. The highest BCUT2D eigenvalue weighted by atomic mass is 19.2. The highest BCUT2D eigenvalue weighted by Gasteiger charge is 2.12. The molecule has 1 amide bonds. The summed E-state index contributed by atoms with van der Waals surface area (Å²) in [4.78, 5) is 13.9. The topological polar surface area (TPSA) is 44.4 Å². The van der Waals surface area contributed by atoms with E-state index >= 15 is 0 Å². The minimum atomic E-state index is -0.893. The summed E-state index contributed by atoms with van der Waals surface area (Å²) in [7, 11) is 0. The number of carbonyl (C=O) groups is 1. The van der Waals surface area contributed by atoms with Crippen LogP contribution in [0.5, 0.6) is 0 Å². The highest BCUT2D eigenvalue weighted by Crippen LogP contribution is 2.08. The molecule has 0 radical (unpaired) electrons. The Balaban J connectivity index is 1.77. The molecule has 2 N–H and O–H groups in total. The van der Waals surface area contributed by atoms with Gasteiger partial charge in [0.05, 0.1) is 6.54 Å². The molecule has 1 heterocycles. The summed E-state index contributed by atoms with van der Waals surface area (Å²) >= 11 is 0. The number of carbonyl (C=O) groups excluding carboxylic acids is 1. The molecule has 1 saturated heterocycles. The van der Waals surface area contributed by atoms with Crippen molar-refractivity contribution in [1.29, 1.82) is 0 Å². The van der Waals surface area contributed by atoms with Crippen molar-refractivity contribution in [3.63, 3.8) is 0 Å². The van der Waals surface area contributed by atoms with Crippen LogP contribution in [0.2, 0.25) is 0 Å². The fourth-order valence-corrected chi connectivity index (χ4v) is 2.17. The van der Waals surface area contributed by atoms with Gasteiger partial charge in [-0.1, -0.05) is 6.07 Å². The van der Waals surface area contributed by atoms with Crippen LogP contribution in [-0.2, 0) is 11.3 Å². The van der Waals surface area contributed by atoms with Gasteiger partial charge in [0.25, 0.3) is 0 Å². The van der Waals surface area contributed by atoms with E-state index in [9.17, 15) is 13.6 Å². The Morgan fingerprint density at radius 1 is 1.25 bits per heavy atom. The second kappa shape index (κ2) is 7.31. The summed E-state index contributed by atoms with van der Waals surface area (Å²) in [6, 6.07) is 3.64. The van der Waals surface area contributed by atoms with Gasteiger partial charge in [0.1, 0.15) is 0 Å². The molecule has 0 atom stereocenters. The van der Waals surface area contributed by atoms with Crippen LogP contribution in [0.4, 0.5) is 8.78 Å². The average Bonchev–Trinajstić information content (AvgIpc) is 2.69. The van der Waals surface area contributed by atoms with Gasteiger partial charge in [-0.05, 0) is 37.2 Å². The van der Waals surface area contributed by atoms with Crippen molar-refractivity contribution in [2.75, 3.05) is 32.7 Å². The Kier molecular flexibility index (Phi) is 5.43. The third-order valence-electron chi connectivity index (χ3n) is 3.27. The highest BCUT2D eigenvalue weighted by molar-refractivity contribution is 5.78. The number of amides is 1. The van der Waals surface area contributed by atoms with Gasteiger partial charge in [0, 0.05) is 19.6 Å². The van der Waals surface area contributed by atoms with Gasteiger partial charge < -0.3 is 10.6 Å². The van der Waals surface area contributed by atoms with Crippen molar-refractivity contribution in [3.05, 3.63) is 35.4 Å². The average molecular weight is 283 g/mol. The van der Waals surface area contributed by atoms with Crippen molar-refractivity contribution in [1.82, 2.24) is 15.5 Å². The van der Waals surface area contributed by atoms with Crippen LogP contribution in [0, 0.1) is 11.6 Å². The van der Waals surface area contributed by atoms with Gasteiger partial charge in [-0.3, -0.25) is 9.69 Å². The standard InChI is InChI=1S/C14H19F2N3O/c15-12-3-2-11(8-13(12)16)9-18-14(20)10-19-6-1-4-17-5-7-19/h2-3,8,17H,1,4-7,9-10H2,(H,18,20). The Morgan fingerprint density at radius 2 is 2.10 bits per heavy atom. The SMILES string of the molecule is O=C(CN1CCCNCC1)NCc1ccc(F)c(F)c1.